The Bertz CT molecular complexity index is 1320. The van der Waals surface area contributed by atoms with Crippen LogP contribution in [0.2, 0.25) is 0 Å². The van der Waals surface area contributed by atoms with Crippen LogP contribution in [0.5, 0.6) is 0 Å². The van der Waals surface area contributed by atoms with Gasteiger partial charge in [-0.2, -0.15) is 5.10 Å². The summed E-state index contributed by atoms with van der Waals surface area (Å²) in [5.41, 5.74) is 3.88. The lowest BCUT2D eigenvalue weighted by Crippen LogP contribution is -2.41. The first-order valence-electron chi connectivity index (χ1n) is 12.0. The number of benzene rings is 2. The Hall–Kier alpha value is -3.36. The molecule has 2 aliphatic rings. The van der Waals surface area contributed by atoms with Crippen molar-refractivity contribution in [2.45, 2.75) is 31.2 Å². The van der Waals surface area contributed by atoms with Crippen LogP contribution in [0.4, 0.5) is 4.39 Å². The van der Waals surface area contributed by atoms with Crippen molar-refractivity contribution in [3.63, 3.8) is 0 Å². The van der Waals surface area contributed by atoms with Crippen LogP contribution in [0.1, 0.15) is 47.5 Å². The monoisotopic (exact) mass is 487 g/mol. The molecule has 6 nitrogen and oxygen atoms in total. The van der Waals surface area contributed by atoms with Gasteiger partial charge in [-0.25, -0.2) is 14.4 Å². The number of hydrogen-bond donors (Lipinski definition) is 1. The summed E-state index contributed by atoms with van der Waals surface area (Å²) >= 11 is 1.62. The van der Waals surface area contributed by atoms with Crippen LogP contribution >= 0.6 is 11.3 Å². The van der Waals surface area contributed by atoms with E-state index in [1.54, 1.807) is 28.5 Å². The van der Waals surface area contributed by atoms with Gasteiger partial charge in [0.1, 0.15) is 11.6 Å². The molecular formula is C27H26FN5OS. The molecule has 0 unspecified atom stereocenters. The minimum atomic E-state index is -0.281. The normalized spacial score (nSPS) is 19.4. The van der Waals surface area contributed by atoms with Gasteiger partial charge < -0.3 is 4.98 Å². The van der Waals surface area contributed by atoms with E-state index in [0.29, 0.717) is 18.9 Å². The van der Waals surface area contributed by atoms with Crippen LogP contribution in [-0.4, -0.2) is 51.1 Å². The van der Waals surface area contributed by atoms with E-state index in [2.05, 4.69) is 16.0 Å². The lowest BCUT2D eigenvalue weighted by molar-refractivity contribution is -0.134. The Morgan fingerprint density at radius 1 is 1.06 bits per heavy atom. The van der Waals surface area contributed by atoms with E-state index < -0.39 is 0 Å². The smallest absolute Gasteiger partial charge is 0.257 e. The van der Waals surface area contributed by atoms with Gasteiger partial charge in [0.15, 0.2) is 0 Å². The highest BCUT2D eigenvalue weighted by Gasteiger charge is 2.34. The highest BCUT2D eigenvalue weighted by Crippen LogP contribution is 2.34. The SMILES string of the molecule is O=C(CN1CCC(c2nc3ccccc3[nH]2)CC1)N1N=C(c2cccs2)C[C@@H]1c1ccc(F)cc1. The Morgan fingerprint density at radius 2 is 1.86 bits per heavy atom. The molecule has 1 amide bonds. The number of likely N-dealkylation sites (tertiary alicyclic amines) is 1. The van der Waals surface area contributed by atoms with E-state index in [4.69, 9.17) is 10.1 Å². The molecule has 4 aromatic rings. The highest BCUT2D eigenvalue weighted by molar-refractivity contribution is 7.12. The predicted octanol–water partition coefficient (Wildman–Crippen LogP) is 5.32. The Morgan fingerprint density at radius 3 is 2.60 bits per heavy atom. The van der Waals surface area contributed by atoms with Crippen molar-refractivity contribution in [2.75, 3.05) is 19.6 Å². The van der Waals surface area contributed by atoms with Crippen LogP contribution in [0, 0.1) is 5.82 Å². The first-order valence-corrected chi connectivity index (χ1v) is 12.9. The number of hydrogen-bond acceptors (Lipinski definition) is 5. The fourth-order valence-electron chi connectivity index (χ4n) is 5.07. The fraction of sp³-hybridized carbons (Fsp3) is 0.296. The molecule has 0 spiro atoms. The second-order valence-corrected chi connectivity index (χ2v) is 10.2. The van der Waals surface area contributed by atoms with Crippen molar-refractivity contribution in [3.8, 4) is 0 Å². The number of nitrogens with zero attached hydrogens (tertiary/aromatic N) is 4. The van der Waals surface area contributed by atoms with Crippen molar-refractivity contribution >= 4 is 34.0 Å². The number of thiophene rings is 1. The molecule has 0 aliphatic carbocycles. The van der Waals surface area contributed by atoms with E-state index >= 15 is 0 Å². The van der Waals surface area contributed by atoms with Gasteiger partial charge >= 0.3 is 0 Å². The maximum atomic E-state index is 13.5. The summed E-state index contributed by atoms with van der Waals surface area (Å²) in [6.45, 7) is 2.00. The molecule has 0 bridgehead atoms. The lowest BCUT2D eigenvalue weighted by atomic mass is 9.96. The van der Waals surface area contributed by atoms with Gasteiger partial charge in [0.2, 0.25) is 0 Å². The van der Waals surface area contributed by atoms with E-state index in [9.17, 15) is 9.18 Å². The summed E-state index contributed by atoms with van der Waals surface area (Å²) in [7, 11) is 0. The minimum Gasteiger partial charge on any atom is -0.342 e. The molecule has 0 saturated carbocycles. The van der Waals surface area contributed by atoms with Crippen molar-refractivity contribution in [1.82, 2.24) is 19.9 Å². The molecule has 6 rings (SSSR count). The summed E-state index contributed by atoms with van der Waals surface area (Å²) in [5, 5.41) is 8.37. The second-order valence-electron chi connectivity index (χ2n) is 9.22. The Balaban J connectivity index is 1.14. The third kappa shape index (κ3) is 4.51. The fourth-order valence-corrected chi connectivity index (χ4v) is 5.79. The van der Waals surface area contributed by atoms with Gasteiger partial charge in [0.05, 0.1) is 34.2 Å². The lowest BCUT2D eigenvalue weighted by Gasteiger charge is -2.32. The molecule has 35 heavy (non-hydrogen) atoms. The van der Waals surface area contributed by atoms with Crippen molar-refractivity contribution in [1.29, 1.82) is 0 Å². The van der Waals surface area contributed by atoms with Crippen LogP contribution in [0.25, 0.3) is 11.0 Å². The zero-order valence-corrected chi connectivity index (χ0v) is 20.0. The third-order valence-electron chi connectivity index (χ3n) is 6.97. The van der Waals surface area contributed by atoms with E-state index in [1.165, 1.54) is 12.1 Å². The molecule has 1 N–H and O–H groups in total. The van der Waals surface area contributed by atoms with Crippen molar-refractivity contribution in [3.05, 3.63) is 88.1 Å². The van der Waals surface area contributed by atoms with E-state index in [0.717, 1.165) is 58.9 Å². The zero-order chi connectivity index (χ0) is 23.8. The molecule has 4 heterocycles. The minimum absolute atomic E-state index is 0.0203. The molecule has 1 fully saturated rings. The summed E-state index contributed by atoms with van der Waals surface area (Å²) in [4.78, 5) is 25.0. The first kappa shape index (κ1) is 22.1. The number of nitrogens with one attached hydrogen (secondary N) is 1. The third-order valence-corrected chi connectivity index (χ3v) is 7.89. The van der Waals surface area contributed by atoms with Crippen LogP contribution < -0.4 is 0 Å². The van der Waals surface area contributed by atoms with Crippen LogP contribution in [0.15, 0.2) is 71.1 Å². The molecule has 1 atom stereocenters. The standard InChI is InChI=1S/C27H26FN5OS/c28-20-9-7-18(8-10-20)24-16-23(25-6-3-15-35-25)31-33(24)26(34)17-32-13-11-19(12-14-32)27-29-21-4-1-2-5-22(21)30-27/h1-10,15,19,24H,11-14,16-17H2,(H,29,30)/t24-/m1/s1. The maximum Gasteiger partial charge on any atom is 0.257 e. The van der Waals surface area contributed by atoms with Gasteiger partial charge in [0.25, 0.3) is 5.91 Å². The quantitative estimate of drug-likeness (QED) is 0.414. The molecule has 2 aromatic heterocycles. The molecule has 0 radical (unpaired) electrons. The Kier molecular flexibility index (Phi) is 5.91. The number of H-pyrrole nitrogens is 1. The molecule has 2 aliphatic heterocycles. The number of amides is 1. The summed E-state index contributed by atoms with van der Waals surface area (Å²) in [6, 6.07) is 18.3. The van der Waals surface area contributed by atoms with Gasteiger partial charge in [-0.15, -0.1) is 11.3 Å². The first-order chi connectivity index (χ1) is 17.1. The number of carbonyl (C=O) groups excluding carboxylic acids is 1. The zero-order valence-electron chi connectivity index (χ0n) is 19.2. The number of hydrazone groups is 1. The largest absolute Gasteiger partial charge is 0.342 e. The summed E-state index contributed by atoms with van der Waals surface area (Å²) in [5.74, 6) is 1.11. The summed E-state index contributed by atoms with van der Waals surface area (Å²) in [6.07, 6.45) is 2.54. The number of halogens is 1. The number of carbonyl (C=O) groups is 1. The van der Waals surface area contributed by atoms with E-state index in [1.807, 2.05) is 35.7 Å². The van der Waals surface area contributed by atoms with Gasteiger partial charge in [-0.1, -0.05) is 30.3 Å². The molecule has 1 saturated heterocycles. The number of piperidine rings is 1. The highest BCUT2D eigenvalue weighted by atomic mass is 32.1. The number of rotatable bonds is 5. The molecule has 178 valence electrons. The number of fused-ring (bicyclic) bond motifs is 1. The number of para-hydroxylation sites is 2. The second kappa shape index (κ2) is 9.36. The average molecular weight is 488 g/mol. The Labute approximate surface area is 207 Å². The molecule has 8 heteroatoms. The van der Waals surface area contributed by atoms with Crippen molar-refractivity contribution < 1.29 is 9.18 Å². The van der Waals surface area contributed by atoms with E-state index in [-0.39, 0.29) is 17.8 Å². The maximum absolute atomic E-state index is 13.5. The van der Waals surface area contributed by atoms with Gasteiger partial charge in [-0.05, 0) is 67.2 Å². The molecule has 2 aromatic carbocycles. The topological polar surface area (TPSA) is 64.6 Å². The van der Waals surface area contributed by atoms with Gasteiger partial charge in [0, 0.05) is 12.3 Å². The molecular weight excluding hydrogens is 461 g/mol. The number of imidazole rings is 1. The summed E-state index contributed by atoms with van der Waals surface area (Å²) < 4.78 is 13.5. The van der Waals surface area contributed by atoms with Crippen LogP contribution in [0.3, 0.4) is 0 Å². The average Bonchev–Trinajstić information content (AvgIpc) is 3.64. The van der Waals surface area contributed by atoms with Crippen LogP contribution in [-0.2, 0) is 4.79 Å². The van der Waals surface area contributed by atoms with Gasteiger partial charge in [-0.3, -0.25) is 9.69 Å². The number of aromatic amines is 1. The number of aromatic nitrogens is 2. The predicted molar refractivity (Wildman–Crippen MR) is 136 cm³/mol. The van der Waals surface area contributed by atoms with Crippen molar-refractivity contribution in [2.24, 2.45) is 5.10 Å².